The van der Waals surface area contributed by atoms with E-state index in [1.54, 1.807) is 19.2 Å². The van der Waals surface area contributed by atoms with E-state index in [9.17, 15) is 9.90 Å². The van der Waals surface area contributed by atoms with E-state index in [0.717, 1.165) is 5.56 Å². The summed E-state index contributed by atoms with van der Waals surface area (Å²) in [6, 6.07) is 3.66. The Balaban J connectivity index is 2.57. The third-order valence-electron chi connectivity index (χ3n) is 2.54. The van der Waals surface area contributed by atoms with Crippen molar-refractivity contribution in [3.8, 4) is 5.88 Å². The van der Waals surface area contributed by atoms with Crippen molar-refractivity contribution in [3.63, 3.8) is 0 Å². The molecule has 19 heavy (non-hydrogen) atoms. The van der Waals surface area contributed by atoms with Gasteiger partial charge in [-0.2, -0.15) is 0 Å². The van der Waals surface area contributed by atoms with Crippen LogP contribution < -0.4 is 5.56 Å². The first-order chi connectivity index (χ1) is 8.99. The Morgan fingerprint density at radius 2 is 2.21 bits per heavy atom. The zero-order valence-corrected chi connectivity index (χ0v) is 11.2. The van der Waals surface area contributed by atoms with Crippen LogP contribution >= 0.6 is 12.2 Å². The fraction of sp³-hybridized carbons (Fsp3) is 0.167. The van der Waals surface area contributed by atoms with Crippen LogP contribution in [0.25, 0.3) is 0 Å². The molecule has 2 aromatic rings. The highest BCUT2D eigenvalue weighted by Crippen LogP contribution is 2.16. The molecule has 0 fully saturated rings. The summed E-state index contributed by atoms with van der Waals surface area (Å²) >= 11 is 4.76. The van der Waals surface area contributed by atoms with Gasteiger partial charge in [-0.3, -0.25) is 9.78 Å². The number of H-pyrrole nitrogens is 2. The lowest BCUT2D eigenvalue weighted by atomic mass is 10.2. The number of rotatable bonds is 2. The molecule has 2 aromatic heterocycles. The summed E-state index contributed by atoms with van der Waals surface area (Å²) in [5.41, 5.74) is 0.795. The van der Waals surface area contributed by atoms with Crippen molar-refractivity contribution in [2.24, 2.45) is 4.99 Å². The minimum atomic E-state index is -0.490. The maximum absolute atomic E-state index is 11.8. The number of aromatic hydroxyl groups is 1. The van der Waals surface area contributed by atoms with Crippen LogP contribution in [0.4, 0.5) is 5.82 Å². The Labute approximate surface area is 113 Å². The Morgan fingerprint density at radius 3 is 2.84 bits per heavy atom. The van der Waals surface area contributed by atoms with E-state index in [-0.39, 0.29) is 16.2 Å². The van der Waals surface area contributed by atoms with Crippen molar-refractivity contribution < 1.29 is 5.11 Å². The maximum atomic E-state index is 11.8. The highest BCUT2D eigenvalue weighted by Gasteiger charge is 2.11. The van der Waals surface area contributed by atoms with Gasteiger partial charge in [0.25, 0.3) is 5.56 Å². The van der Waals surface area contributed by atoms with Crippen LogP contribution in [0.5, 0.6) is 5.88 Å². The van der Waals surface area contributed by atoms with Gasteiger partial charge in [-0.15, -0.1) is 0 Å². The summed E-state index contributed by atoms with van der Waals surface area (Å²) in [5.74, 6) is 0.199. The largest absolute Gasteiger partial charge is 0.494 e. The molecule has 0 atom stereocenters. The molecule has 0 amide bonds. The smallest absolute Gasteiger partial charge is 0.264 e. The van der Waals surface area contributed by atoms with Crippen molar-refractivity contribution in [2.45, 2.75) is 13.8 Å². The lowest BCUT2D eigenvalue weighted by Crippen LogP contribution is -2.17. The quantitative estimate of drug-likeness (QED) is 0.577. The Morgan fingerprint density at radius 1 is 1.47 bits per heavy atom. The normalized spacial score (nSPS) is 11.6. The van der Waals surface area contributed by atoms with Gasteiger partial charge in [-0.1, -0.05) is 6.07 Å². The lowest BCUT2D eigenvalue weighted by Gasteiger charge is -2.04. The lowest BCUT2D eigenvalue weighted by molar-refractivity contribution is 0.448. The molecule has 0 spiro atoms. The molecule has 0 aliphatic carbocycles. The molecule has 3 N–H and O–H groups in total. The van der Waals surface area contributed by atoms with Gasteiger partial charge < -0.3 is 10.1 Å². The monoisotopic (exact) mass is 276 g/mol. The summed E-state index contributed by atoms with van der Waals surface area (Å²) in [7, 11) is 0. The second-order valence-corrected chi connectivity index (χ2v) is 4.38. The van der Waals surface area contributed by atoms with Crippen LogP contribution in [0.3, 0.4) is 0 Å². The molecule has 98 valence electrons. The van der Waals surface area contributed by atoms with E-state index >= 15 is 0 Å². The number of nitrogens with zero attached hydrogens (tertiary/aromatic N) is 2. The summed E-state index contributed by atoms with van der Waals surface area (Å²) in [6.07, 6.45) is 1.61. The van der Waals surface area contributed by atoms with Gasteiger partial charge in [0, 0.05) is 6.20 Å². The van der Waals surface area contributed by atoms with Gasteiger partial charge in [0.2, 0.25) is 5.88 Å². The van der Waals surface area contributed by atoms with E-state index in [1.165, 1.54) is 0 Å². The minimum Gasteiger partial charge on any atom is -0.494 e. The van der Waals surface area contributed by atoms with Crippen LogP contribution in [0.1, 0.15) is 18.1 Å². The van der Waals surface area contributed by atoms with Gasteiger partial charge in [-0.05, 0) is 37.7 Å². The molecular weight excluding hydrogens is 264 g/mol. The van der Waals surface area contributed by atoms with Gasteiger partial charge in [0.15, 0.2) is 10.6 Å². The van der Waals surface area contributed by atoms with E-state index in [4.69, 9.17) is 12.2 Å². The van der Waals surface area contributed by atoms with Crippen molar-refractivity contribution in [3.05, 3.63) is 44.6 Å². The number of pyridine rings is 1. The summed E-state index contributed by atoms with van der Waals surface area (Å²) < 4.78 is 0.0630. The number of aromatic amines is 2. The second kappa shape index (κ2) is 5.15. The molecule has 0 saturated heterocycles. The number of hydrogen-bond acceptors (Lipinski definition) is 5. The van der Waals surface area contributed by atoms with Gasteiger partial charge in [-0.25, -0.2) is 9.98 Å². The van der Waals surface area contributed by atoms with E-state index in [2.05, 4.69) is 19.9 Å². The molecule has 0 unspecified atom stereocenters. The predicted molar refractivity (Wildman–Crippen MR) is 74.8 cm³/mol. The minimum absolute atomic E-state index is 0.0543. The van der Waals surface area contributed by atoms with Crippen molar-refractivity contribution in [1.82, 2.24) is 15.0 Å². The molecule has 7 heteroatoms. The molecule has 0 aliphatic rings. The highest BCUT2D eigenvalue weighted by atomic mass is 32.1. The zero-order chi connectivity index (χ0) is 14.0. The average Bonchev–Trinajstić information content (AvgIpc) is 2.30. The van der Waals surface area contributed by atoms with Crippen molar-refractivity contribution in [1.29, 1.82) is 0 Å². The van der Waals surface area contributed by atoms with Crippen LogP contribution in [0.2, 0.25) is 0 Å². The number of aliphatic imine (C=N–C) groups is 1. The molecule has 2 rings (SSSR count). The standard InChI is InChI=1S/C12H12N4O2S/c1-6-4-3-5-13-9(6)14-7(2)8-10(17)15-12(19)16-11(8)18/h3-5H,1-2H3,(H3,15,16,17,18,19). The summed E-state index contributed by atoms with van der Waals surface area (Å²) in [4.78, 5) is 25.0. The highest BCUT2D eigenvalue weighted by molar-refractivity contribution is 7.71. The Bertz CT molecular complexity index is 761. The third-order valence-corrected chi connectivity index (χ3v) is 2.74. The van der Waals surface area contributed by atoms with Gasteiger partial charge in [0.05, 0.1) is 5.71 Å². The Hall–Kier alpha value is -2.28. The number of aryl methyl sites for hydroxylation is 1. The average molecular weight is 276 g/mol. The first-order valence-corrected chi connectivity index (χ1v) is 5.92. The molecule has 0 aliphatic heterocycles. The fourth-order valence-electron chi connectivity index (χ4n) is 1.62. The Kier molecular flexibility index (Phi) is 3.57. The second-order valence-electron chi connectivity index (χ2n) is 3.97. The first kappa shape index (κ1) is 13.2. The molecule has 6 nitrogen and oxygen atoms in total. The van der Waals surface area contributed by atoms with Crippen molar-refractivity contribution in [2.75, 3.05) is 0 Å². The fourth-order valence-corrected chi connectivity index (χ4v) is 1.81. The molecule has 0 bridgehead atoms. The van der Waals surface area contributed by atoms with E-state index < -0.39 is 5.56 Å². The number of aromatic nitrogens is 3. The molecule has 0 radical (unpaired) electrons. The molecular formula is C12H12N4O2S. The number of nitrogens with one attached hydrogen (secondary N) is 2. The van der Waals surface area contributed by atoms with Gasteiger partial charge >= 0.3 is 0 Å². The topological polar surface area (TPSA) is 94.1 Å². The predicted octanol–water partition coefficient (Wildman–Crippen LogP) is 1.98. The SMILES string of the molecule is CC(=Nc1ncccc1C)c1c(O)[nH]c(=S)[nH]c1=O. The van der Waals surface area contributed by atoms with Crippen molar-refractivity contribution >= 4 is 23.7 Å². The molecule has 0 aromatic carbocycles. The van der Waals surface area contributed by atoms with Crippen LogP contribution in [0, 0.1) is 11.7 Å². The van der Waals surface area contributed by atoms with E-state index in [0.29, 0.717) is 11.5 Å². The van der Waals surface area contributed by atoms with Crippen LogP contribution in [-0.4, -0.2) is 25.8 Å². The zero-order valence-electron chi connectivity index (χ0n) is 10.4. The first-order valence-electron chi connectivity index (χ1n) is 5.52. The van der Waals surface area contributed by atoms with Crippen LogP contribution in [-0.2, 0) is 0 Å². The van der Waals surface area contributed by atoms with E-state index in [1.807, 2.05) is 13.0 Å². The third kappa shape index (κ3) is 2.76. The summed E-state index contributed by atoms with van der Waals surface area (Å²) in [6.45, 7) is 3.48. The maximum Gasteiger partial charge on any atom is 0.264 e. The molecule has 0 saturated carbocycles. The number of hydrogen-bond donors (Lipinski definition) is 3. The molecule has 2 heterocycles. The van der Waals surface area contributed by atoms with Crippen LogP contribution in [0.15, 0.2) is 28.1 Å². The van der Waals surface area contributed by atoms with Gasteiger partial charge in [0.1, 0.15) is 5.56 Å². The summed E-state index contributed by atoms with van der Waals surface area (Å²) in [5, 5.41) is 9.75.